The number of ether oxygens (including phenoxy) is 1. The lowest BCUT2D eigenvalue weighted by Gasteiger charge is -2.38. The highest BCUT2D eigenvalue weighted by atomic mass is 35.5. The quantitative estimate of drug-likeness (QED) is 0.704. The second kappa shape index (κ2) is 6.28. The molecular weight excluding hydrogens is 362 g/mol. The van der Waals surface area contributed by atoms with Gasteiger partial charge in [0.25, 0.3) is 0 Å². The van der Waals surface area contributed by atoms with E-state index in [0.29, 0.717) is 11.4 Å². The molecule has 5 rings (SSSR count). The number of aromatic hydroxyl groups is 1. The highest BCUT2D eigenvalue weighted by molar-refractivity contribution is 6.30. The fourth-order valence-corrected chi connectivity index (χ4v) is 3.85. The molecule has 0 spiro atoms. The fraction of sp³-hybridized carbons (Fsp3) is 0.143. The van der Waals surface area contributed by atoms with Gasteiger partial charge in [0, 0.05) is 40.5 Å². The zero-order valence-electron chi connectivity index (χ0n) is 14.3. The molecule has 0 amide bonds. The maximum atomic E-state index is 9.84. The minimum atomic E-state index is -0.346. The van der Waals surface area contributed by atoms with Crippen LogP contribution in [0.15, 0.2) is 72.1 Å². The van der Waals surface area contributed by atoms with Gasteiger partial charge in [0.15, 0.2) is 0 Å². The van der Waals surface area contributed by atoms with Crippen LogP contribution in [0.3, 0.4) is 0 Å². The molecule has 1 aromatic heterocycles. The second-order valence-corrected chi connectivity index (χ2v) is 7.07. The predicted molar refractivity (Wildman–Crippen MR) is 103 cm³/mol. The van der Waals surface area contributed by atoms with Crippen LogP contribution < -0.4 is 4.74 Å². The van der Waals surface area contributed by atoms with E-state index in [0.717, 1.165) is 28.2 Å². The molecule has 0 aliphatic carbocycles. The lowest BCUT2D eigenvalue weighted by molar-refractivity contribution is -0.0190. The molecule has 6 heteroatoms. The number of halogens is 1. The standard InChI is InChI=1S/C21H16ClN3O2/c22-15-4-5-20-17(11-15)19-12-18(14-2-1-3-16(26)10-14)24-25(19)21(27-20)13-6-8-23-9-7-13/h1-11,19,21,26H,12H2. The SMILES string of the molecule is Oc1cccc(C2=NN3C(C2)c2cc(Cl)ccc2OC3c2ccncc2)c1. The van der Waals surface area contributed by atoms with Crippen molar-refractivity contribution in [2.45, 2.75) is 18.7 Å². The Morgan fingerprint density at radius 1 is 1.07 bits per heavy atom. The Bertz CT molecular complexity index is 1040. The van der Waals surface area contributed by atoms with Crippen molar-refractivity contribution in [3.8, 4) is 11.5 Å². The average Bonchev–Trinajstić information content (AvgIpc) is 3.14. The van der Waals surface area contributed by atoms with Gasteiger partial charge in [0.2, 0.25) is 6.23 Å². The van der Waals surface area contributed by atoms with Crippen LogP contribution in [-0.2, 0) is 0 Å². The molecule has 5 nitrogen and oxygen atoms in total. The van der Waals surface area contributed by atoms with Gasteiger partial charge >= 0.3 is 0 Å². The van der Waals surface area contributed by atoms with Crippen molar-refractivity contribution in [1.82, 2.24) is 9.99 Å². The van der Waals surface area contributed by atoms with Crippen LogP contribution in [0, 0.1) is 0 Å². The lowest BCUT2D eigenvalue weighted by Crippen LogP contribution is -2.33. The Hall–Kier alpha value is -3.05. The van der Waals surface area contributed by atoms with E-state index in [1.165, 1.54) is 0 Å². The maximum absolute atomic E-state index is 9.84. The molecular formula is C21H16ClN3O2. The van der Waals surface area contributed by atoms with E-state index in [2.05, 4.69) is 4.98 Å². The molecule has 2 aromatic carbocycles. The van der Waals surface area contributed by atoms with Gasteiger partial charge in [-0.05, 0) is 42.5 Å². The first-order chi connectivity index (χ1) is 13.2. The summed E-state index contributed by atoms with van der Waals surface area (Å²) in [6.45, 7) is 0. The van der Waals surface area contributed by atoms with Crippen molar-refractivity contribution in [3.05, 3.63) is 88.7 Å². The summed E-state index contributed by atoms with van der Waals surface area (Å²) in [5, 5.41) is 17.3. The van der Waals surface area contributed by atoms with E-state index in [-0.39, 0.29) is 18.0 Å². The largest absolute Gasteiger partial charge is 0.508 e. The molecule has 0 saturated carbocycles. The molecule has 1 N–H and O–H groups in total. The van der Waals surface area contributed by atoms with E-state index in [9.17, 15) is 5.11 Å². The van der Waals surface area contributed by atoms with Gasteiger partial charge in [-0.2, -0.15) is 5.10 Å². The van der Waals surface area contributed by atoms with Gasteiger partial charge in [0.1, 0.15) is 11.5 Å². The van der Waals surface area contributed by atoms with Crippen LogP contribution in [0.4, 0.5) is 0 Å². The average molecular weight is 378 g/mol. The van der Waals surface area contributed by atoms with E-state index in [4.69, 9.17) is 21.4 Å². The summed E-state index contributed by atoms with van der Waals surface area (Å²) >= 11 is 6.24. The Kier molecular flexibility index (Phi) is 3.76. The van der Waals surface area contributed by atoms with Crippen molar-refractivity contribution in [2.24, 2.45) is 5.10 Å². The number of rotatable bonds is 2. The summed E-state index contributed by atoms with van der Waals surface area (Å²) in [4.78, 5) is 4.10. The lowest BCUT2D eigenvalue weighted by atomic mass is 9.96. The molecule has 2 unspecified atom stereocenters. The number of fused-ring (bicyclic) bond motifs is 3. The van der Waals surface area contributed by atoms with Gasteiger partial charge < -0.3 is 9.84 Å². The molecule has 3 aromatic rings. The molecule has 134 valence electrons. The van der Waals surface area contributed by atoms with Gasteiger partial charge in [-0.3, -0.25) is 4.98 Å². The number of phenolic OH excluding ortho intramolecular Hbond substituents is 1. The molecule has 0 bridgehead atoms. The number of hydrogen-bond acceptors (Lipinski definition) is 5. The van der Waals surface area contributed by atoms with Crippen molar-refractivity contribution < 1.29 is 9.84 Å². The minimum Gasteiger partial charge on any atom is -0.508 e. The summed E-state index contributed by atoms with van der Waals surface area (Å²) in [6.07, 6.45) is 3.87. The number of pyridine rings is 1. The predicted octanol–water partition coefficient (Wildman–Crippen LogP) is 4.68. The molecule has 2 aliphatic rings. The van der Waals surface area contributed by atoms with Crippen molar-refractivity contribution in [1.29, 1.82) is 0 Å². The smallest absolute Gasteiger partial charge is 0.213 e. The van der Waals surface area contributed by atoms with Gasteiger partial charge in [-0.15, -0.1) is 0 Å². The summed E-state index contributed by atoms with van der Waals surface area (Å²) in [5.74, 6) is 1.04. The highest BCUT2D eigenvalue weighted by Gasteiger charge is 2.41. The number of hydrogen-bond donors (Lipinski definition) is 1. The first-order valence-corrected chi connectivity index (χ1v) is 9.08. The normalized spacial score (nSPS) is 20.5. The first kappa shape index (κ1) is 16.1. The monoisotopic (exact) mass is 377 g/mol. The minimum absolute atomic E-state index is 0.0166. The number of nitrogens with zero attached hydrogens (tertiary/aromatic N) is 3. The molecule has 2 atom stereocenters. The van der Waals surface area contributed by atoms with Crippen molar-refractivity contribution in [2.75, 3.05) is 0 Å². The van der Waals surface area contributed by atoms with Crippen LogP contribution in [0.25, 0.3) is 0 Å². The topological polar surface area (TPSA) is 58.0 Å². The molecule has 3 heterocycles. The summed E-state index contributed by atoms with van der Waals surface area (Å²) in [7, 11) is 0. The van der Waals surface area contributed by atoms with Crippen LogP contribution in [-0.4, -0.2) is 20.8 Å². The zero-order chi connectivity index (χ0) is 18.4. The number of phenols is 1. The van der Waals surface area contributed by atoms with E-state index < -0.39 is 0 Å². The van der Waals surface area contributed by atoms with E-state index in [1.54, 1.807) is 24.5 Å². The first-order valence-electron chi connectivity index (χ1n) is 8.70. The van der Waals surface area contributed by atoms with E-state index in [1.807, 2.05) is 47.5 Å². The summed E-state index contributed by atoms with van der Waals surface area (Å²) in [5.41, 5.74) is 3.82. The number of aromatic nitrogens is 1. The van der Waals surface area contributed by atoms with Crippen molar-refractivity contribution in [3.63, 3.8) is 0 Å². The van der Waals surface area contributed by atoms with Crippen molar-refractivity contribution >= 4 is 17.3 Å². The van der Waals surface area contributed by atoms with Gasteiger partial charge in [0.05, 0.1) is 11.8 Å². The molecule has 0 fully saturated rings. The fourth-order valence-electron chi connectivity index (χ4n) is 3.67. The number of benzene rings is 2. The van der Waals surface area contributed by atoms with Crippen LogP contribution in [0.2, 0.25) is 5.02 Å². The molecule has 0 saturated heterocycles. The summed E-state index contributed by atoms with van der Waals surface area (Å²) in [6, 6.07) is 16.8. The Morgan fingerprint density at radius 3 is 2.74 bits per heavy atom. The van der Waals surface area contributed by atoms with E-state index >= 15 is 0 Å². The van der Waals surface area contributed by atoms with Crippen LogP contribution in [0.5, 0.6) is 11.5 Å². The van der Waals surface area contributed by atoms with Gasteiger partial charge in [-0.1, -0.05) is 23.7 Å². The highest BCUT2D eigenvalue weighted by Crippen LogP contribution is 2.48. The third-order valence-corrected chi connectivity index (χ3v) is 5.16. The third-order valence-electron chi connectivity index (χ3n) is 4.92. The molecule has 2 aliphatic heterocycles. The van der Waals surface area contributed by atoms with Crippen LogP contribution >= 0.6 is 11.6 Å². The summed E-state index contributed by atoms with van der Waals surface area (Å²) < 4.78 is 6.28. The Labute approximate surface area is 161 Å². The third kappa shape index (κ3) is 2.80. The zero-order valence-corrected chi connectivity index (χ0v) is 15.0. The molecule has 0 radical (unpaired) electrons. The number of hydrazone groups is 1. The second-order valence-electron chi connectivity index (χ2n) is 6.63. The van der Waals surface area contributed by atoms with Gasteiger partial charge in [-0.25, -0.2) is 5.01 Å². The maximum Gasteiger partial charge on any atom is 0.213 e. The Morgan fingerprint density at radius 2 is 1.93 bits per heavy atom. The Balaban J connectivity index is 1.61. The van der Waals surface area contributed by atoms with Crippen LogP contribution in [0.1, 0.15) is 35.4 Å². The molecule has 27 heavy (non-hydrogen) atoms.